The molecule has 3 N–H and O–H groups in total. The minimum absolute atomic E-state index is 0.138. The smallest absolute Gasteiger partial charge is 0.220 e. The summed E-state index contributed by atoms with van der Waals surface area (Å²) < 4.78 is 0. The zero-order valence-corrected chi connectivity index (χ0v) is 7.34. The fourth-order valence-electron chi connectivity index (χ4n) is 1.30. The summed E-state index contributed by atoms with van der Waals surface area (Å²) in [4.78, 5) is 10.8. The summed E-state index contributed by atoms with van der Waals surface area (Å²) in [5.41, 5.74) is 0. The molecule has 2 unspecified atom stereocenters. The molecule has 1 saturated heterocycles. The van der Waals surface area contributed by atoms with Crippen molar-refractivity contribution in [2.24, 2.45) is 0 Å². The van der Waals surface area contributed by atoms with Gasteiger partial charge in [0.15, 0.2) is 0 Å². The molecule has 0 aromatic carbocycles. The highest BCUT2D eigenvalue weighted by Crippen LogP contribution is 2.04. The largest absolute Gasteiger partial charge is 0.392 e. The van der Waals surface area contributed by atoms with Gasteiger partial charge in [0.2, 0.25) is 5.91 Å². The molecule has 1 fully saturated rings. The number of carbonyl (C=O) groups excluding carboxylic acids is 1. The third-order valence-electron chi connectivity index (χ3n) is 1.92. The first-order valence-electron chi connectivity index (χ1n) is 4.36. The second-order valence-corrected chi connectivity index (χ2v) is 3.31. The van der Waals surface area contributed by atoms with Gasteiger partial charge < -0.3 is 15.7 Å². The van der Waals surface area contributed by atoms with Crippen molar-refractivity contribution in [1.82, 2.24) is 10.6 Å². The van der Waals surface area contributed by atoms with Crippen molar-refractivity contribution in [3.63, 3.8) is 0 Å². The first kappa shape index (κ1) is 9.48. The topological polar surface area (TPSA) is 61.4 Å². The van der Waals surface area contributed by atoms with E-state index in [1.807, 2.05) is 0 Å². The molecule has 0 bridgehead atoms. The molecular weight excluding hydrogens is 156 g/mol. The highest BCUT2D eigenvalue weighted by atomic mass is 16.3. The van der Waals surface area contributed by atoms with E-state index in [1.54, 1.807) is 6.92 Å². The molecule has 12 heavy (non-hydrogen) atoms. The summed E-state index contributed by atoms with van der Waals surface area (Å²) in [6.07, 6.45) is 1.23. The monoisotopic (exact) mass is 172 g/mol. The van der Waals surface area contributed by atoms with Gasteiger partial charge in [-0.15, -0.1) is 0 Å². The third kappa shape index (κ3) is 3.19. The minimum atomic E-state index is -0.317. The lowest BCUT2D eigenvalue weighted by Crippen LogP contribution is -2.38. The maximum Gasteiger partial charge on any atom is 0.220 e. The maximum atomic E-state index is 10.8. The molecular formula is C8H16N2O2. The van der Waals surface area contributed by atoms with E-state index in [1.165, 1.54) is 0 Å². The SMILES string of the molecule is CC(O)CNCC1CCC(=O)N1. The van der Waals surface area contributed by atoms with Crippen molar-refractivity contribution in [3.8, 4) is 0 Å². The summed E-state index contributed by atoms with van der Waals surface area (Å²) in [5, 5.41) is 14.9. The number of aliphatic hydroxyl groups excluding tert-OH is 1. The van der Waals surface area contributed by atoms with Crippen LogP contribution >= 0.6 is 0 Å². The number of carbonyl (C=O) groups is 1. The van der Waals surface area contributed by atoms with Crippen LogP contribution in [0.5, 0.6) is 0 Å². The summed E-state index contributed by atoms with van der Waals surface area (Å²) in [5.74, 6) is 0.138. The van der Waals surface area contributed by atoms with Crippen LogP contribution in [-0.4, -0.2) is 36.2 Å². The van der Waals surface area contributed by atoms with E-state index in [4.69, 9.17) is 5.11 Å². The molecule has 1 aliphatic rings. The van der Waals surface area contributed by atoms with Gasteiger partial charge in [0.1, 0.15) is 0 Å². The molecule has 1 rings (SSSR count). The summed E-state index contributed by atoms with van der Waals surface area (Å²) in [6.45, 7) is 3.09. The standard InChI is InChI=1S/C8H16N2O2/c1-6(11)4-9-5-7-2-3-8(12)10-7/h6-7,9,11H,2-5H2,1H3,(H,10,12). The molecule has 4 heteroatoms. The predicted octanol–water partition coefficient (Wildman–Crippen LogP) is -0.765. The van der Waals surface area contributed by atoms with E-state index < -0.39 is 0 Å². The Hall–Kier alpha value is -0.610. The van der Waals surface area contributed by atoms with Crippen LogP contribution in [0.1, 0.15) is 19.8 Å². The number of aliphatic hydroxyl groups is 1. The number of nitrogens with one attached hydrogen (secondary N) is 2. The Bertz CT molecular complexity index is 159. The van der Waals surface area contributed by atoms with Gasteiger partial charge in [0, 0.05) is 25.6 Å². The Balaban J connectivity index is 2.04. The number of hydrogen-bond donors (Lipinski definition) is 3. The van der Waals surface area contributed by atoms with Gasteiger partial charge in [-0.3, -0.25) is 4.79 Å². The van der Waals surface area contributed by atoms with E-state index in [-0.39, 0.29) is 18.1 Å². The summed E-state index contributed by atoms with van der Waals surface area (Å²) in [6, 6.07) is 0.260. The van der Waals surface area contributed by atoms with Crippen LogP contribution < -0.4 is 10.6 Å². The normalized spacial score (nSPS) is 25.5. The molecule has 1 heterocycles. The van der Waals surface area contributed by atoms with Crippen LogP contribution in [0.25, 0.3) is 0 Å². The van der Waals surface area contributed by atoms with Crippen molar-refractivity contribution in [2.75, 3.05) is 13.1 Å². The van der Waals surface area contributed by atoms with Crippen molar-refractivity contribution < 1.29 is 9.90 Å². The first-order valence-corrected chi connectivity index (χ1v) is 4.36. The number of rotatable bonds is 4. The van der Waals surface area contributed by atoms with Crippen molar-refractivity contribution in [2.45, 2.75) is 31.9 Å². The van der Waals surface area contributed by atoms with Crippen LogP contribution in [0.2, 0.25) is 0 Å². The Labute approximate surface area is 72.3 Å². The molecule has 0 spiro atoms. The van der Waals surface area contributed by atoms with Crippen LogP contribution in [0.15, 0.2) is 0 Å². The average Bonchev–Trinajstić information content (AvgIpc) is 2.35. The van der Waals surface area contributed by atoms with Crippen LogP contribution in [0, 0.1) is 0 Å². The fourth-order valence-corrected chi connectivity index (χ4v) is 1.30. The highest BCUT2D eigenvalue weighted by molar-refractivity contribution is 5.78. The highest BCUT2D eigenvalue weighted by Gasteiger charge is 2.19. The fraction of sp³-hybridized carbons (Fsp3) is 0.875. The van der Waals surface area contributed by atoms with Crippen LogP contribution in [-0.2, 0) is 4.79 Å². The Morgan fingerprint density at radius 2 is 2.58 bits per heavy atom. The van der Waals surface area contributed by atoms with Gasteiger partial charge in [0.25, 0.3) is 0 Å². The van der Waals surface area contributed by atoms with Crippen LogP contribution in [0.4, 0.5) is 0 Å². The number of hydrogen-bond acceptors (Lipinski definition) is 3. The summed E-state index contributed by atoms with van der Waals surface area (Å²) >= 11 is 0. The van der Waals surface area contributed by atoms with Gasteiger partial charge in [-0.1, -0.05) is 0 Å². The van der Waals surface area contributed by atoms with Crippen molar-refractivity contribution in [3.05, 3.63) is 0 Å². The third-order valence-corrected chi connectivity index (χ3v) is 1.92. The average molecular weight is 172 g/mol. The van der Waals surface area contributed by atoms with Gasteiger partial charge >= 0.3 is 0 Å². The minimum Gasteiger partial charge on any atom is -0.392 e. The second-order valence-electron chi connectivity index (χ2n) is 3.31. The van der Waals surface area contributed by atoms with E-state index >= 15 is 0 Å². The van der Waals surface area contributed by atoms with E-state index in [0.717, 1.165) is 13.0 Å². The van der Waals surface area contributed by atoms with Crippen molar-refractivity contribution in [1.29, 1.82) is 0 Å². The van der Waals surface area contributed by atoms with Gasteiger partial charge in [-0.05, 0) is 13.3 Å². The predicted molar refractivity (Wildman–Crippen MR) is 45.7 cm³/mol. The lowest BCUT2D eigenvalue weighted by Gasteiger charge is -2.11. The van der Waals surface area contributed by atoms with E-state index in [2.05, 4.69) is 10.6 Å². The second kappa shape index (κ2) is 4.42. The first-order chi connectivity index (χ1) is 5.68. The lowest BCUT2D eigenvalue weighted by atomic mass is 10.2. The Morgan fingerprint density at radius 1 is 1.83 bits per heavy atom. The molecule has 0 aromatic rings. The number of amides is 1. The molecule has 4 nitrogen and oxygen atoms in total. The molecule has 1 amide bonds. The quantitative estimate of drug-likeness (QED) is 0.522. The molecule has 2 atom stereocenters. The van der Waals surface area contributed by atoms with Gasteiger partial charge in [-0.2, -0.15) is 0 Å². The molecule has 70 valence electrons. The maximum absolute atomic E-state index is 10.8. The zero-order chi connectivity index (χ0) is 8.97. The molecule has 0 saturated carbocycles. The van der Waals surface area contributed by atoms with E-state index in [0.29, 0.717) is 13.0 Å². The van der Waals surface area contributed by atoms with Crippen LogP contribution in [0.3, 0.4) is 0 Å². The molecule has 0 aromatic heterocycles. The van der Waals surface area contributed by atoms with E-state index in [9.17, 15) is 4.79 Å². The summed E-state index contributed by atoms with van der Waals surface area (Å²) in [7, 11) is 0. The molecule has 0 radical (unpaired) electrons. The van der Waals surface area contributed by atoms with Crippen molar-refractivity contribution >= 4 is 5.91 Å². The molecule has 1 aliphatic heterocycles. The zero-order valence-electron chi connectivity index (χ0n) is 7.34. The molecule has 0 aliphatic carbocycles. The lowest BCUT2D eigenvalue weighted by molar-refractivity contribution is -0.119. The Kier molecular flexibility index (Phi) is 3.49. The Morgan fingerprint density at radius 3 is 3.08 bits per heavy atom. The van der Waals surface area contributed by atoms with Gasteiger partial charge in [0.05, 0.1) is 6.10 Å². The van der Waals surface area contributed by atoms with Gasteiger partial charge in [-0.25, -0.2) is 0 Å².